The highest BCUT2D eigenvalue weighted by molar-refractivity contribution is 5.62. The van der Waals surface area contributed by atoms with E-state index < -0.39 is 0 Å². The second-order valence-electron chi connectivity index (χ2n) is 1.82. The predicted octanol–water partition coefficient (Wildman–Crippen LogP) is 0.625. The van der Waals surface area contributed by atoms with Gasteiger partial charge in [-0.15, -0.1) is 0 Å². The maximum Gasteiger partial charge on any atom is 0.0960 e. The van der Waals surface area contributed by atoms with Crippen molar-refractivity contribution < 1.29 is 9.94 Å². The molecule has 1 heterocycles. The fourth-order valence-corrected chi connectivity index (χ4v) is 0.794. The van der Waals surface area contributed by atoms with Gasteiger partial charge in [-0.1, -0.05) is 5.16 Å². The van der Waals surface area contributed by atoms with Gasteiger partial charge in [-0.05, 0) is 12.8 Å². The quantitative estimate of drug-likeness (QED) is 0.309. The highest BCUT2D eigenvalue weighted by atomic mass is 16.5. The van der Waals surface area contributed by atoms with Crippen molar-refractivity contribution in [3.05, 3.63) is 0 Å². The Balaban J connectivity index is 2.24. The van der Waals surface area contributed by atoms with Crippen molar-refractivity contribution in [1.82, 2.24) is 0 Å². The van der Waals surface area contributed by atoms with Crippen LogP contribution in [0.2, 0.25) is 0 Å². The van der Waals surface area contributed by atoms with Gasteiger partial charge in [-0.3, -0.25) is 0 Å². The van der Waals surface area contributed by atoms with Crippen LogP contribution in [0.5, 0.6) is 0 Å². The lowest BCUT2D eigenvalue weighted by atomic mass is 10.3. The van der Waals surface area contributed by atoms with E-state index in [1.165, 1.54) is 6.21 Å². The van der Waals surface area contributed by atoms with Crippen molar-refractivity contribution in [2.24, 2.45) is 5.16 Å². The zero-order valence-electron chi connectivity index (χ0n) is 4.58. The van der Waals surface area contributed by atoms with Crippen LogP contribution >= 0.6 is 0 Å². The average molecular weight is 115 g/mol. The minimum Gasteiger partial charge on any atom is -0.411 e. The van der Waals surface area contributed by atoms with Crippen LogP contribution < -0.4 is 0 Å². The highest BCUT2D eigenvalue weighted by Gasteiger charge is 2.11. The Bertz CT molecular complexity index is 86.4. The molecule has 1 atom stereocenters. The van der Waals surface area contributed by atoms with Crippen LogP contribution in [0.15, 0.2) is 5.16 Å². The molecular formula is C5H9NO2. The number of ether oxygens (including phenoxy) is 1. The third-order valence-corrected chi connectivity index (χ3v) is 1.20. The second-order valence-corrected chi connectivity index (χ2v) is 1.82. The highest BCUT2D eigenvalue weighted by Crippen LogP contribution is 2.08. The van der Waals surface area contributed by atoms with E-state index >= 15 is 0 Å². The summed E-state index contributed by atoms with van der Waals surface area (Å²) in [5.74, 6) is 0. The van der Waals surface area contributed by atoms with Crippen LogP contribution in [0.3, 0.4) is 0 Å². The molecule has 1 aliphatic heterocycles. The van der Waals surface area contributed by atoms with Crippen molar-refractivity contribution in [1.29, 1.82) is 0 Å². The summed E-state index contributed by atoms with van der Waals surface area (Å²) < 4.78 is 5.08. The maximum atomic E-state index is 8.02. The Morgan fingerprint density at radius 3 is 3.12 bits per heavy atom. The van der Waals surface area contributed by atoms with Crippen LogP contribution in [-0.4, -0.2) is 24.1 Å². The average Bonchev–Trinajstić information content (AvgIpc) is 2.19. The molecule has 46 valence electrons. The van der Waals surface area contributed by atoms with Crippen molar-refractivity contribution in [3.63, 3.8) is 0 Å². The van der Waals surface area contributed by atoms with Gasteiger partial charge in [0.15, 0.2) is 0 Å². The standard InChI is InChI=1S/C5H9NO2/c7-6-4-5-2-1-3-8-5/h4-5,7H,1-3H2/b6-4-/t5-/m0/s1. The summed E-state index contributed by atoms with van der Waals surface area (Å²) in [6.07, 6.45) is 3.56. The number of hydrogen-bond acceptors (Lipinski definition) is 3. The Morgan fingerprint density at radius 2 is 2.62 bits per heavy atom. The van der Waals surface area contributed by atoms with Gasteiger partial charge in [-0.2, -0.15) is 0 Å². The van der Waals surface area contributed by atoms with E-state index in [1.807, 2.05) is 0 Å². The Labute approximate surface area is 48.0 Å². The molecule has 0 unspecified atom stereocenters. The molecule has 1 aliphatic rings. The molecule has 0 aliphatic carbocycles. The van der Waals surface area contributed by atoms with Gasteiger partial charge < -0.3 is 9.94 Å². The zero-order valence-corrected chi connectivity index (χ0v) is 4.58. The summed E-state index contributed by atoms with van der Waals surface area (Å²) in [7, 11) is 0. The molecular weight excluding hydrogens is 106 g/mol. The number of oxime groups is 1. The normalized spacial score (nSPS) is 29.8. The molecule has 1 fully saturated rings. The molecule has 3 heteroatoms. The molecule has 3 nitrogen and oxygen atoms in total. The van der Waals surface area contributed by atoms with E-state index in [2.05, 4.69) is 5.16 Å². The van der Waals surface area contributed by atoms with Gasteiger partial charge in [0, 0.05) is 6.61 Å². The molecule has 1 rings (SSSR count). The maximum absolute atomic E-state index is 8.02. The SMILES string of the molecule is O/N=C\[C@@H]1CCCO1. The number of hydrogen-bond donors (Lipinski definition) is 1. The van der Waals surface area contributed by atoms with Crippen molar-refractivity contribution in [3.8, 4) is 0 Å². The van der Waals surface area contributed by atoms with Crippen LogP contribution in [0.4, 0.5) is 0 Å². The Morgan fingerprint density at radius 1 is 1.75 bits per heavy atom. The molecule has 8 heavy (non-hydrogen) atoms. The monoisotopic (exact) mass is 115 g/mol. The first-order valence-corrected chi connectivity index (χ1v) is 2.72. The molecule has 1 saturated heterocycles. The summed E-state index contributed by atoms with van der Waals surface area (Å²) in [5, 5.41) is 10.9. The van der Waals surface area contributed by atoms with Crippen LogP contribution in [-0.2, 0) is 4.74 Å². The molecule has 0 bridgehead atoms. The first-order chi connectivity index (χ1) is 3.93. The zero-order chi connectivity index (χ0) is 5.82. The minimum absolute atomic E-state index is 0.0694. The fraction of sp³-hybridized carbons (Fsp3) is 0.800. The molecule has 0 aromatic rings. The van der Waals surface area contributed by atoms with Gasteiger partial charge in [0.2, 0.25) is 0 Å². The van der Waals surface area contributed by atoms with E-state index in [0.717, 1.165) is 19.4 Å². The van der Waals surface area contributed by atoms with Crippen molar-refractivity contribution in [2.45, 2.75) is 18.9 Å². The summed E-state index contributed by atoms with van der Waals surface area (Å²) in [6.45, 7) is 0.802. The molecule has 0 radical (unpaired) electrons. The fourth-order valence-electron chi connectivity index (χ4n) is 0.794. The lowest BCUT2D eigenvalue weighted by molar-refractivity contribution is 0.158. The third-order valence-electron chi connectivity index (χ3n) is 1.20. The first-order valence-electron chi connectivity index (χ1n) is 2.72. The Kier molecular flexibility index (Phi) is 1.86. The van der Waals surface area contributed by atoms with Crippen LogP contribution in [0.1, 0.15) is 12.8 Å². The molecule has 0 amide bonds. The third kappa shape index (κ3) is 1.20. The van der Waals surface area contributed by atoms with E-state index in [4.69, 9.17) is 9.94 Å². The number of rotatable bonds is 1. The van der Waals surface area contributed by atoms with Gasteiger partial charge in [-0.25, -0.2) is 0 Å². The summed E-state index contributed by atoms with van der Waals surface area (Å²) in [4.78, 5) is 0. The van der Waals surface area contributed by atoms with Gasteiger partial charge in [0.05, 0.1) is 12.3 Å². The molecule has 0 saturated carbocycles. The number of nitrogens with zero attached hydrogens (tertiary/aromatic N) is 1. The van der Waals surface area contributed by atoms with E-state index in [1.54, 1.807) is 0 Å². The molecule has 0 spiro atoms. The van der Waals surface area contributed by atoms with E-state index in [0.29, 0.717) is 0 Å². The van der Waals surface area contributed by atoms with Gasteiger partial charge >= 0.3 is 0 Å². The predicted molar refractivity (Wildman–Crippen MR) is 29.3 cm³/mol. The van der Waals surface area contributed by atoms with Crippen molar-refractivity contribution in [2.75, 3.05) is 6.61 Å². The smallest absolute Gasteiger partial charge is 0.0960 e. The molecule has 0 aromatic heterocycles. The van der Waals surface area contributed by atoms with Crippen LogP contribution in [0.25, 0.3) is 0 Å². The summed E-state index contributed by atoms with van der Waals surface area (Å²) >= 11 is 0. The summed E-state index contributed by atoms with van der Waals surface area (Å²) in [5.41, 5.74) is 0. The van der Waals surface area contributed by atoms with Gasteiger partial charge in [0.25, 0.3) is 0 Å². The topological polar surface area (TPSA) is 41.8 Å². The lowest BCUT2D eigenvalue weighted by Crippen LogP contribution is -2.05. The van der Waals surface area contributed by atoms with Gasteiger partial charge in [0.1, 0.15) is 0 Å². The second kappa shape index (κ2) is 2.67. The van der Waals surface area contributed by atoms with E-state index in [-0.39, 0.29) is 6.10 Å². The van der Waals surface area contributed by atoms with E-state index in [9.17, 15) is 0 Å². The van der Waals surface area contributed by atoms with Crippen molar-refractivity contribution >= 4 is 6.21 Å². The summed E-state index contributed by atoms with van der Waals surface area (Å²) in [6, 6.07) is 0. The Hall–Kier alpha value is -0.570. The van der Waals surface area contributed by atoms with Crippen LogP contribution in [0, 0.1) is 0 Å². The molecule has 1 N–H and O–H groups in total. The molecule has 0 aromatic carbocycles. The lowest BCUT2D eigenvalue weighted by Gasteiger charge is -1.96. The minimum atomic E-state index is 0.0694. The largest absolute Gasteiger partial charge is 0.411 e. The first kappa shape index (κ1) is 5.56.